The van der Waals surface area contributed by atoms with Crippen LogP contribution in [-0.2, 0) is 11.2 Å². The summed E-state index contributed by atoms with van der Waals surface area (Å²) < 4.78 is 16.3. The van der Waals surface area contributed by atoms with E-state index in [4.69, 9.17) is 26.4 Å². The zero-order chi connectivity index (χ0) is 20.1. The number of thioether (sulfide) groups is 1. The van der Waals surface area contributed by atoms with E-state index in [1.54, 1.807) is 26.2 Å². The highest BCUT2D eigenvalue weighted by molar-refractivity contribution is 8.26. The minimum Gasteiger partial charge on any atom is -0.497 e. The van der Waals surface area contributed by atoms with Crippen molar-refractivity contribution in [2.75, 3.05) is 27.9 Å². The summed E-state index contributed by atoms with van der Waals surface area (Å²) in [5, 5.41) is 0. The van der Waals surface area contributed by atoms with E-state index in [1.807, 2.05) is 48.5 Å². The van der Waals surface area contributed by atoms with Gasteiger partial charge in [-0.05, 0) is 47.9 Å². The van der Waals surface area contributed by atoms with Crippen LogP contribution in [0.3, 0.4) is 0 Å². The molecule has 0 N–H and O–H groups in total. The zero-order valence-electron chi connectivity index (χ0n) is 15.9. The molecular formula is C21H21NO4S2. The summed E-state index contributed by atoms with van der Waals surface area (Å²) in [4.78, 5) is 15.0. The Morgan fingerprint density at radius 3 is 2.36 bits per heavy atom. The standard InChI is InChI=1S/C21H21NO4S2/c1-24-16-7-4-14(5-8-16)13-19-20(23)22(21(27)28-19)11-10-15-6-9-17(25-2)18(12-15)26-3/h4-9,12-13H,10-11H2,1-3H3. The van der Waals surface area contributed by atoms with Crippen LogP contribution in [0.15, 0.2) is 47.4 Å². The predicted octanol–water partition coefficient (Wildman–Crippen LogP) is 4.16. The Balaban J connectivity index is 1.69. The summed E-state index contributed by atoms with van der Waals surface area (Å²) in [7, 11) is 4.83. The number of hydrogen-bond acceptors (Lipinski definition) is 6. The van der Waals surface area contributed by atoms with E-state index < -0.39 is 0 Å². The van der Waals surface area contributed by atoms with Gasteiger partial charge in [-0.2, -0.15) is 0 Å². The summed E-state index contributed by atoms with van der Waals surface area (Å²) in [5.74, 6) is 2.06. The van der Waals surface area contributed by atoms with Crippen molar-refractivity contribution in [1.29, 1.82) is 0 Å². The lowest BCUT2D eigenvalue weighted by molar-refractivity contribution is -0.122. The third-order valence-corrected chi connectivity index (χ3v) is 5.74. The highest BCUT2D eigenvalue weighted by Gasteiger charge is 2.31. The number of rotatable bonds is 7. The molecule has 0 aromatic heterocycles. The molecule has 1 aliphatic heterocycles. The van der Waals surface area contributed by atoms with Crippen LogP contribution < -0.4 is 14.2 Å². The number of thiocarbonyl (C=S) groups is 1. The molecule has 2 aromatic rings. The van der Waals surface area contributed by atoms with Crippen molar-refractivity contribution in [2.45, 2.75) is 6.42 Å². The van der Waals surface area contributed by atoms with Gasteiger partial charge in [-0.3, -0.25) is 9.69 Å². The van der Waals surface area contributed by atoms with Crippen LogP contribution in [0.25, 0.3) is 6.08 Å². The fourth-order valence-electron chi connectivity index (χ4n) is 2.82. The van der Waals surface area contributed by atoms with Crippen molar-refractivity contribution in [3.05, 3.63) is 58.5 Å². The van der Waals surface area contributed by atoms with E-state index in [2.05, 4.69) is 0 Å². The fourth-order valence-corrected chi connectivity index (χ4v) is 4.13. The Morgan fingerprint density at radius 2 is 1.71 bits per heavy atom. The van der Waals surface area contributed by atoms with E-state index in [0.717, 1.165) is 16.9 Å². The van der Waals surface area contributed by atoms with E-state index in [0.29, 0.717) is 33.7 Å². The normalized spacial score (nSPS) is 15.2. The SMILES string of the molecule is COc1ccc(C=C2SC(=S)N(CCc3ccc(OC)c(OC)c3)C2=O)cc1. The third kappa shape index (κ3) is 4.48. The number of amides is 1. The van der Waals surface area contributed by atoms with Gasteiger partial charge in [0.25, 0.3) is 5.91 Å². The van der Waals surface area contributed by atoms with Gasteiger partial charge in [0.2, 0.25) is 0 Å². The van der Waals surface area contributed by atoms with Gasteiger partial charge in [-0.15, -0.1) is 0 Å². The summed E-state index contributed by atoms with van der Waals surface area (Å²) in [6.07, 6.45) is 2.53. The second-order valence-corrected chi connectivity index (χ2v) is 7.72. The first-order chi connectivity index (χ1) is 13.5. The topological polar surface area (TPSA) is 48.0 Å². The molecule has 1 aliphatic rings. The number of ether oxygens (including phenoxy) is 3. The van der Waals surface area contributed by atoms with Crippen molar-refractivity contribution < 1.29 is 19.0 Å². The highest BCUT2D eigenvalue weighted by atomic mass is 32.2. The number of benzene rings is 2. The van der Waals surface area contributed by atoms with Crippen LogP contribution in [0, 0.1) is 0 Å². The smallest absolute Gasteiger partial charge is 0.266 e. The van der Waals surface area contributed by atoms with E-state index in [-0.39, 0.29) is 5.91 Å². The second kappa shape index (κ2) is 9.12. The van der Waals surface area contributed by atoms with Crippen LogP contribution in [0.1, 0.15) is 11.1 Å². The lowest BCUT2D eigenvalue weighted by atomic mass is 10.1. The predicted molar refractivity (Wildman–Crippen MR) is 116 cm³/mol. The quantitative estimate of drug-likeness (QED) is 0.500. The molecule has 3 rings (SSSR count). The first kappa shape index (κ1) is 20.2. The second-order valence-electron chi connectivity index (χ2n) is 6.05. The Kier molecular flexibility index (Phi) is 6.59. The lowest BCUT2D eigenvalue weighted by Gasteiger charge is -2.15. The highest BCUT2D eigenvalue weighted by Crippen LogP contribution is 2.33. The van der Waals surface area contributed by atoms with Gasteiger partial charge in [0.05, 0.1) is 26.2 Å². The molecular weight excluding hydrogens is 394 g/mol. The fraction of sp³-hybridized carbons (Fsp3) is 0.238. The molecule has 146 valence electrons. The van der Waals surface area contributed by atoms with Gasteiger partial charge < -0.3 is 14.2 Å². The molecule has 1 saturated heterocycles. The van der Waals surface area contributed by atoms with Crippen LogP contribution in [0.4, 0.5) is 0 Å². The van der Waals surface area contributed by atoms with Gasteiger partial charge in [0, 0.05) is 6.54 Å². The first-order valence-corrected chi connectivity index (χ1v) is 9.88. The molecule has 7 heteroatoms. The molecule has 28 heavy (non-hydrogen) atoms. The number of methoxy groups -OCH3 is 3. The number of carbonyl (C=O) groups is 1. The summed E-state index contributed by atoms with van der Waals surface area (Å²) >= 11 is 6.74. The maximum atomic E-state index is 12.8. The number of hydrogen-bond donors (Lipinski definition) is 0. The van der Waals surface area contributed by atoms with Gasteiger partial charge in [-0.25, -0.2) is 0 Å². The van der Waals surface area contributed by atoms with Crippen LogP contribution in [-0.4, -0.2) is 43.0 Å². The minimum absolute atomic E-state index is 0.0636. The maximum absolute atomic E-state index is 12.8. The van der Waals surface area contributed by atoms with Gasteiger partial charge >= 0.3 is 0 Å². The van der Waals surface area contributed by atoms with Crippen molar-refractivity contribution in [3.63, 3.8) is 0 Å². The molecule has 0 saturated carbocycles. The molecule has 1 fully saturated rings. The monoisotopic (exact) mass is 415 g/mol. The molecule has 5 nitrogen and oxygen atoms in total. The van der Waals surface area contributed by atoms with E-state index >= 15 is 0 Å². The van der Waals surface area contributed by atoms with Gasteiger partial charge in [-0.1, -0.05) is 42.2 Å². The largest absolute Gasteiger partial charge is 0.497 e. The lowest BCUT2D eigenvalue weighted by Crippen LogP contribution is -2.30. The van der Waals surface area contributed by atoms with Crippen molar-refractivity contribution >= 4 is 40.3 Å². The van der Waals surface area contributed by atoms with Crippen molar-refractivity contribution in [2.24, 2.45) is 0 Å². The van der Waals surface area contributed by atoms with Crippen LogP contribution in [0.5, 0.6) is 17.2 Å². The molecule has 0 aliphatic carbocycles. The Morgan fingerprint density at radius 1 is 1.00 bits per heavy atom. The third-order valence-electron chi connectivity index (χ3n) is 4.36. The van der Waals surface area contributed by atoms with Crippen LogP contribution in [0.2, 0.25) is 0 Å². The Hall–Kier alpha value is -2.51. The van der Waals surface area contributed by atoms with Gasteiger partial charge in [0.15, 0.2) is 11.5 Å². The molecule has 1 amide bonds. The molecule has 2 aromatic carbocycles. The zero-order valence-corrected chi connectivity index (χ0v) is 17.6. The van der Waals surface area contributed by atoms with Gasteiger partial charge in [0.1, 0.15) is 10.1 Å². The summed E-state index contributed by atoms with van der Waals surface area (Å²) in [6, 6.07) is 13.3. The molecule has 0 radical (unpaired) electrons. The molecule has 0 spiro atoms. The molecule has 0 unspecified atom stereocenters. The molecule has 0 bridgehead atoms. The first-order valence-electron chi connectivity index (χ1n) is 8.66. The van der Waals surface area contributed by atoms with E-state index in [1.165, 1.54) is 11.8 Å². The molecule has 0 atom stereocenters. The van der Waals surface area contributed by atoms with Crippen molar-refractivity contribution in [3.8, 4) is 17.2 Å². The minimum atomic E-state index is -0.0636. The summed E-state index contributed by atoms with van der Waals surface area (Å²) in [5.41, 5.74) is 1.98. The maximum Gasteiger partial charge on any atom is 0.266 e. The molecule has 1 heterocycles. The average molecular weight is 416 g/mol. The Bertz CT molecular complexity index is 909. The van der Waals surface area contributed by atoms with Crippen molar-refractivity contribution in [1.82, 2.24) is 4.90 Å². The number of carbonyl (C=O) groups excluding carboxylic acids is 1. The Labute approximate surface area is 174 Å². The average Bonchev–Trinajstić information content (AvgIpc) is 2.99. The number of nitrogens with zero attached hydrogens (tertiary/aromatic N) is 1. The van der Waals surface area contributed by atoms with E-state index in [9.17, 15) is 4.79 Å². The van der Waals surface area contributed by atoms with Crippen LogP contribution >= 0.6 is 24.0 Å². The summed E-state index contributed by atoms with van der Waals surface area (Å²) in [6.45, 7) is 0.514.